The molecule has 5 atom stereocenters. The first kappa shape index (κ1) is 31.6. The van der Waals surface area contributed by atoms with E-state index < -0.39 is 53.8 Å². The zero-order valence-corrected chi connectivity index (χ0v) is 22.0. The standard InChI is InChI=1S/C26H41N5O6/c1-5-16(4)22(28)25(35)29-18(11-12-21(27)32)23(33)30-19(13-15(2)3)24(34)31-20(26(36)37)14-17-9-7-6-8-10-17/h6-10,15-16,18-20,22H,5,11-14,28H2,1-4H3,(H2,27,32)(H,29,35)(H,30,33)(H,31,34)(H,36,37). The lowest BCUT2D eigenvalue weighted by Gasteiger charge is -2.26. The molecule has 0 saturated heterocycles. The normalized spacial score (nSPS) is 15.1. The Morgan fingerprint density at radius 3 is 1.92 bits per heavy atom. The Kier molecular flexibility index (Phi) is 13.3. The van der Waals surface area contributed by atoms with Gasteiger partial charge in [0.15, 0.2) is 0 Å². The molecule has 206 valence electrons. The number of carboxylic acids is 1. The Morgan fingerprint density at radius 2 is 1.41 bits per heavy atom. The van der Waals surface area contributed by atoms with Crippen molar-refractivity contribution in [1.29, 1.82) is 0 Å². The highest BCUT2D eigenvalue weighted by Gasteiger charge is 2.31. The average Bonchev–Trinajstić information content (AvgIpc) is 2.84. The molecule has 0 aromatic heterocycles. The fourth-order valence-electron chi connectivity index (χ4n) is 3.63. The van der Waals surface area contributed by atoms with E-state index >= 15 is 0 Å². The van der Waals surface area contributed by atoms with E-state index in [1.54, 1.807) is 37.3 Å². The summed E-state index contributed by atoms with van der Waals surface area (Å²) in [5.41, 5.74) is 11.9. The third-order valence-corrected chi connectivity index (χ3v) is 6.11. The van der Waals surface area contributed by atoms with Crippen LogP contribution in [0.2, 0.25) is 0 Å². The number of amides is 4. The molecule has 1 aromatic carbocycles. The third kappa shape index (κ3) is 11.4. The van der Waals surface area contributed by atoms with Crippen LogP contribution in [0.25, 0.3) is 0 Å². The first-order valence-electron chi connectivity index (χ1n) is 12.6. The molecule has 11 heteroatoms. The van der Waals surface area contributed by atoms with E-state index in [0.29, 0.717) is 6.42 Å². The number of aliphatic carboxylic acids is 1. The molecule has 0 spiro atoms. The van der Waals surface area contributed by atoms with Gasteiger partial charge in [-0.25, -0.2) is 4.79 Å². The van der Waals surface area contributed by atoms with Gasteiger partial charge in [-0.2, -0.15) is 0 Å². The minimum absolute atomic E-state index is 0.0223. The van der Waals surface area contributed by atoms with Crippen molar-refractivity contribution >= 4 is 29.6 Å². The summed E-state index contributed by atoms with van der Waals surface area (Å²) in [7, 11) is 0. The lowest BCUT2D eigenvalue weighted by atomic mass is 9.98. The minimum Gasteiger partial charge on any atom is -0.480 e. The van der Waals surface area contributed by atoms with Crippen molar-refractivity contribution in [1.82, 2.24) is 16.0 Å². The summed E-state index contributed by atoms with van der Waals surface area (Å²) in [6.07, 6.45) is 0.683. The summed E-state index contributed by atoms with van der Waals surface area (Å²) in [5.74, 6) is -3.94. The maximum Gasteiger partial charge on any atom is 0.326 e. The predicted molar refractivity (Wildman–Crippen MR) is 139 cm³/mol. The van der Waals surface area contributed by atoms with Crippen molar-refractivity contribution < 1.29 is 29.1 Å². The molecule has 37 heavy (non-hydrogen) atoms. The summed E-state index contributed by atoms with van der Waals surface area (Å²) in [6.45, 7) is 7.39. The molecule has 8 N–H and O–H groups in total. The molecule has 1 aromatic rings. The smallest absolute Gasteiger partial charge is 0.326 e. The van der Waals surface area contributed by atoms with Crippen LogP contribution in [0, 0.1) is 11.8 Å². The number of benzene rings is 1. The highest BCUT2D eigenvalue weighted by molar-refractivity contribution is 5.94. The van der Waals surface area contributed by atoms with Gasteiger partial charge >= 0.3 is 5.97 Å². The fourth-order valence-corrected chi connectivity index (χ4v) is 3.63. The second-order valence-corrected chi connectivity index (χ2v) is 9.76. The highest BCUT2D eigenvalue weighted by Crippen LogP contribution is 2.10. The van der Waals surface area contributed by atoms with Crippen LogP contribution in [0.15, 0.2) is 30.3 Å². The molecule has 0 bridgehead atoms. The molecule has 4 amide bonds. The topological polar surface area (TPSA) is 194 Å². The van der Waals surface area contributed by atoms with Crippen molar-refractivity contribution in [3.8, 4) is 0 Å². The molecular weight excluding hydrogens is 478 g/mol. The summed E-state index contributed by atoms with van der Waals surface area (Å²) in [4.78, 5) is 62.0. The van der Waals surface area contributed by atoms with Crippen molar-refractivity contribution in [3.63, 3.8) is 0 Å². The van der Waals surface area contributed by atoms with Crippen LogP contribution in [-0.4, -0.2) is 58.9 Å². The van der Waals surface area contributed by atoms with E-state index in [2.05, 4.69) is 16.0 Å². The fraction of sp³-hybridized carbons (Fsp3) is 0.577. The Hall–Kier alpha value is -3.47. The van der Waals surface area contributed by atoms with Gasteiger partial charge in [-0.15, -0.1) is 0 Å². The van der Waals surface area contributed by atoms with Crippen molar-refractivity contribution in [2.75, 3.05) is 0 Å². The summed E-state index contributed by atoms with van der Waals surface area (Å²) in [6, 6.07) is 4.56. The van der Waals surface area contributed by atoms with Crippen molar-refractivity contribution in [3.05, 3.63) is 35.9 Å². The quantitative estimate of drug-likeness (QED) is 0.182. The van der Waals surface area contributed by atoms with Gasteiger partial charge in [-0.3, -0.25) is 19.2 Å². The number of nitrogens with one attached hydrogen (secondary N) is 3. The second-order valence-electron chi connectivity index (χ2n) is 9.76. The Balaban J connectivity index is 3.04. The van der Waals surface area contributed by atoms with Crippen LogP contribution < -0.4 is 27.4 Å². The third-order valence-electron chi connectivity index (χ3n) is 6.11. The maximum atomic E-state index is 13.1. The summed E-state index contributed by atoms with van der Waals surface area (Å²) >= 11 is 0. The van der Waals surface area contributed by atoms with E-state index in [-0.39, 0.29) is 37.5 Å². The number of hydrogen-bond donors (Lipinski definition) is 6. The molecule has 5 unspecified atom stereocenters. The molecule has 0 fully saturated rings. The number of nitrogens with two attached hydrogens (primary N) is 2. The number of hydrogen-bond acceptors (Lipinski definition) is 6. The Labute approximate surface area is 218 Å². The van der Waals surface area contributed by atoms with E-state index in [1.807, 2.05) is 20.8 Å². The van der Waals surface area contributed by atoms with Crippen LogP contribution in [0.1, 0.15) is 58.9 Å². The van der Waals surface area contributed by atoms with Crippen LogP contribution in [0.3, 0.4) is 0 Å². The number of carbonyl (C=O) groups is 5. The number of rotatable bonds is 16. The van der Waals surface area contributed by atoms with Crippen LogP contribution >= 0.6 is 0 Å². The van der Waals surface area contributed by atoms with Gasteiger partial charge < -0.3 is 32.5 Å². The van der Waals surface area contributed by atoms with Gasteiger partial charge in [0, 0.05) is 12.8 Å². The molecule has 0 saturated carbocycles. The predicted octanol–water partition coefficient (Wildman–Crippen LogP) is 0.453. The zero-order valence-electron chi connectivity index (χ0n) is 22.0. The van der Waals surface area contributed by atoms with Gasteiger partial charge in [-0.1, -0.05) is 64.4 Å². The minimum atomic E-state index is -1.21. The highest BCUT2D eigenvalue weighted by atomic mass is 16.4. The van der Waals surface area contributed by atoms with Gasteiger partial charge in [0.05, 0.1) is 6.04 Å². The maximum absolute atomic E-state index is 13.1. The second kappa shape index (κ2) is 15.6. The van der Waals surface area contributed by atoms with Crippen LogP contribution in [-0.2, 0) is 30.4 Å². The summed E-state index contributed by atoms with van der Waals surface area (Å²) < 4.78 is 0. The van der Waals surface area contributed by atoms with Crippen LogP contribution in [0.4, 0.5) is 0 Å². The first-order valence-corrected chi connectivity index (χ1v) is 12.6. The van der Waals surface area contributed by atoms with Gasteiger partial charge in [0.1, 0.15) is 18.1 Å². The van der Waals surface area contributed by atoms with Gasteiger partial charge in [-0.05, 0) is 30.2 Å². The number of primary amides is 1. The molecule has 1 rings (SSSR count). The molecule has 0 aliphatic carbocycles. The Morgan fingerprint density at radius 1 is 0.865 bits per heavy atom. The molecule has 0 aliphatic heterocycles. The number of carbonyl (C=O) groups excluding carboxylic acids is 4. The lowest BCUT2D eigenvalue weighted by Crippen LogP contribution is -2.58. The molecule has 0 aliphatic rings. The van der Waals surface area contributed by atoms with E-state index in [1.165, 1.54) is 0 Å². The SMILES string of the molecule is CCC(C)C(N)C(=O)NC(CCC(N)=O)C(=O)NC(CC(C)C)C(=O)NC(Cc1ccccc1)C(=O)O. The van der Waals surface area contributed by atoms with E-state index in [0.717, 1.165) is 5.56 Å². The van der Waals surface area contributed by atoms with Gasteiger partial charge in [0.25, 0.3) is 0 Å². The lowest BCUT2D eigenvalue weighted by molar-refractivity contribution is -0.142. The largest absolute Gasteiger partial charge is 0.480 e. The molecule has 0 heterocycles. The zero-order chi connectivity index (χ0) is 28.1. The van der Waals surface area contributed by atoms with Gasteiger partial charge in [0.2, 0.25) is 23.6 Å². The average molecular weight is 520 g/mol. The number of carboxylic acid groups (broad SMARTS) is 1. The first-order chi connectivity index (χ1) is 17.3. The van der Waals surface area contributed by atoms with E-state index in [9.17, 15) is 29.1 Å². The summed E-state index contributed by atoms with van der Waals surface area (Å²) in [5, 5.41) is 17.3. The van der Waals surface area contributed by atoms with Crippen molar-refractivity contribution in [2.24, 2.45) is 23.3 Å². The molecule has 11 nitrogen and oxygen atoms in total. The van der Waals surface area contributed by atoms with E-state index in [4.69, 9.17) is 11.5 Å². The Bertz CT molecular complexity index is 923. The van der Waals surface area contributed by atoms with Crippen molar-refractivity contribution in [2.45, 2.75) is 84.0 Å². The monoisotopic (exact) mass is 519 g/mol. The molecular formula is C26H41N5O6. The molecule has 0 radical (unpaired) electrons. The van der Waals surface area contributed by atoms with Crippen LogP contribution in [0.5, 0.6) is 0 Å².